The molecule has 0 saturated heterocycles. The molecule has 0 aliphatic rings. The molecule has 0 aliphatic carbocycles. The molecule has 0 N–H and O–H groups in total. The minimum atomic E-state index is -2.48. The lowest BCUT2D eigenvalue weighted by molar-refractivity contribution is 0.275. The van der Waals surface area contributed by atoms with Gasteiger partial charge in [-0.3, -0.25) is 4.52 Å². The van der Waals surface area contributed by atoms with Crippen molar-refractivity contribution in [1.29, 1.82) is 0 Å². The molecule has 3 nitrogen and oxygen atoms in total. The maximum absolute atomic E-state index is 14.9. The average molecular weight is 583 g/mol. The maximum atomic E-state index is 14.9. The highest BCUT2D eigenvalue weighted by atomic mass is 31.2. The third-order valence-corrected chi connectivity index (χ3v) is 8.48. The third kappa shape index (κ3) is 16.5. The molecule has 0 heterocycles. The first kappa shape index (κ1) is 37.2. The van der Waals surface area contributed by atoms with E-state index in [-0.39, 0.29) is 10.8 Å². The number of hydrogen-bond acceptors (Lipinski definition) is 3. The number of unbranched alkanes of at least 4 members (excludes halogenated alkanes) is 17. The molecule has 0 radical (unpaired) electrons. The molecule has 0 aliphatic heterocycles. The van der Waals surface area contributed by atoms with E-state index in [0.717, 1.165) is 29.7 Å². The lowest BCUT2D eigenvalue weighted by Crippen LogP contribution is -2.19. The van der Waals surface area contributed by atoms with Crippen molar-refractivity contribution in [1.82, 2.24) is 0 Å². The van der Waals surface area contributed by atoms with Crippen LogP contribution in [0.1, 0.15) is 175 Å². The molecular weight excluding hydrogens is 518 g/mol. The van der Waals surface area contributed by atoms with Crippen LogP contribution in [0.3, 0.4) is 0 Å². The van der Waals surface area contributed by atoms with Crippen molar-refractivity contribution in [2.45, 2.75) is 175 Å². The smallest absolute Gasteiger partial charge is 0.439 e. The van der Waals surface area contributed by atoms with E-state index in [0.29, 0.717) is 12.4 Å². The SMILES string of the molecule is CCCCCCCCCCCCCCCCCCCCOP(F)Oc1c(C(C)(C)C)cc(OC)cc1C(C)(C)C. The number of ether oxygens (including phenoxy) is 1. The van der Waals surface area contributed by atoms with Gasteiger partial charge in [-0.15, -0.1) is 4.20 Å². The van der Waals surface area contributed by atoms with Gasteiger partial charge in [0.2, 0.25) is 0 Å². The second-order valence-corrected chi connectivity index (χ2v) is 14.6. The molecular formula is C35H64FO3P. The summed E-state index contributed by atoms with van der Waals surface area (Å²) in [6.07, 6.45) is 24.1. The highest BCUT2D eigenvalue weighted by Crippen LogP contribution is 2.49. The molecule has 0 aromatic heterocycles. The number of hydrogen-bond donors (Lipinski definition) is 0. The van der Waals surface area contributed by atoms with E-state index in [2.05, 4.69) is 48.5 Å². The van der Waals surface area contributed by atoms with E-state index in [9.17, 15) is 4.20 Å². The van der Waals surface area contributed by atoms with Crippen molar-refractivity contribution < 1.29 is 18.0 Å². The minimum absolute atomic E-state index is 0.215. The van der Waals surface area contributed by atoms with E-state index in [1.54, 1.807) is 7.11 Å². The van der Waals surface area contributed by atoms with Gasteiger partial charge >= 0.3 is 8.69 Å². The van der Waals surface area contributed by atoms with E-state index < -0.39 is 8.69 Å². The molecule has 0 fully saturated rings. The Morgan fingerprint density at radius 3 is 1.27 bits per heavy atom. The first-order valence-electron chi connectivity index (χ1n) is 16.5. The molecule has 234 valence electrons. The first-order valence-corrected chi connectivity index (χ1v) is 17.6. The molecule has 0 bridgehead atoms. The third-order valence-electron chi connectivity index (χ3n) is 7.77. The van der Waals surface area contributed by atoms with Crippen LogP contribution in [0.4, 0.5) is 4.20 Å². The minimum Gasteiger partial charge on any atom is -0.497 e. The molecule has 0 amide bonds. The Kier molecular flexibility index (Phi) is 19.4. The number of rotatable bonds is 23. The van der Waals surface area contributed by atoms with Crippen molar-refractivity contribution in [3.8, 4) is 11.5 Å². The standard InChI is InChI=1S/C35H64FO3P/c1-9-10-11-12-13-14-15-16-17-18-19-20-21-22-23-24-25-26-27-38-40(36)39-33-31(34(2,3)4)28-30(37-8)29-32(33)35(5,6)7/h28-29H,9-27H2,1-8H3. The van der Waals surface area contributed by atoms with Gasteiger partial charge in [0.15, 0.2) is 0 Å². The summed E-state index contributed by atoms with van der Waals surface area (Å²) in [5.41, 5.74) is 1.46. The monoisotopic (exact) mass is 582 g/mol. The summed E-state index contributed by atoms with van der Waals surface area (Å²) >= 11 is 0. The summed E-state index contributed by atoms with van der Waals surface area (Å²) in [6, 6.07) is 3.93. The molecule has 1 atom stereocenters. The molecule has 40 heavy (non-hydrogen) atoms. The van der Waals surface area contributed by atoms with Gasteiger partial charge in [-0.25, -0.2) is 0 Å². The van der Waals surface area contributed by atoms with Gasteiger partial charge in [0.1, 0.15) is 11.5 Å². The van der Waals surface area contributed by atoms with E-state index >= 15 is 0 Å². The maximum Gasteiger partial charge on any atom is 0.439 e. The number of methoxy groups -OCH3 is 1. The summed E-state index contributed by atoms with van der Waals surface area (Å²) in [5.74, 6) is 1.37. The molecule has 1 rings (SSSR count). The molecule has 1 aromatic carbocycles. The van der Waals surface area contributed by atoms with Crippen LogP contribution in [0.15, 0.2) is 12.1 Å². The van der Waals surface area contributed by atoms with Gasteiger partial charge in [-0.2, -0.15) is 0 Å². The second-order valence-electron chi connectivity index (χ2n) is 13.7. The topological polar surface area (TPSA) is 27.7 Å². The molecule has 0 saturated carbocycles. The fourth-order valence-electron chi connectivity index (χ4n) is 5.17. The lowest BCUT2D eigenvalue weighted by atomic mass is 9.79. The van der Waals surface area contributed by atoms with E-state index in [1.807, 2.05) is 12.1 Å². The fraction of sp³-hybridized carbons (Fsp3) is 0.829. The first-order chi connectivity index (χ1) is 19.0. The van der Waals surface area contributed by atoms with Crippen molar-refractivity contribution in [2.75, 3.05) is 13.7 Å². The molecule has 0 spiro atoms. The van der Waals surface area contributed by atoms with Crippen molar-refractivity contribution in [3.63, 3.8) is 0 Å². The summed E-state index contributed by atoms with van der Waals surface area (Å²) in [4.78, 5) is 0. The second kappa shape index (κ2) is 20.9. The predicted molar refractivity (Wildman–Crippen MR) is 174 cm³/mol. The van der Waals surface area contributed by atoms with Gasteiger partial charge < -0.3 is 9.26 Å². The lowest BCUT2D eigenvalue weighted by Gasteiger charge is -2.30. The molecule has 1 unspecified atom stereocenters. The van der Waals surface area contributed by atoms with Gasteiger partial charge in [-0.05, 0) is 29.4 Å². The number of benzene rings is 1. The normalized spacial score (nSPS) is 13.0. The van der Waals surface area contributed by atoms with Crippen molar-refractivity contribution in [2.24, 2.45) is 0 Å². The summed E-state index contributed by atoms with van der Waals surface area (Å²) in [7, 11) is -0.818. The van der Waals surface area contributed by atoms with Gasteiger partial charge in [-0.1, -0.05) is 158 Å². The summed E-state index contributed by atoms with van der Waals surface area (Å²) < 4.78 is 31.9. The van der Waals surface area contributed by atoms with Gasteiger partial charge in [0.25, 0.3) is 0 Å². The molecule has 1 aromatic rings. The number of halogens is 1. The Hall–Kier alpha value is -0.860. The average Bonchev–Trinajstić information content (AvgIpc) is 2.88. The Labute approximate surface area is 249 Å². The van der Waals surface area contributed by atoms with Crippen LogP contribution in [0.25, 0.3) is 0 Å². The van der Waals surface area contributed by atoms with Crippen molar-refractivity contribution >= 4 is 8.69 Å². The Bertz CT molecular complexity index is 734. The zero-order valence-corrected chi connectivity index (χ0v) is 28.5. The van der Waals surface area contributed by atoms with Crippen LogP contribution in [-0.4, -0.2) is 13.7 Å². The van der Waals surface area contributed by atoms with Crippen molar-refractivity contribution in [3.05, 3.63) is 23.3 Å². The summed E-state index contributed by atoms with van der Waals surface area (Å²) in [5, 5.41) is 0. The highest BCUT2D eigenvalue weighted by Gasteiger charge is 2.30. The largest absolute Gasteiger partial charge is 0.497 e. The van der Waals surface area contributed by atoms with Crippen LogP contribution < -0.4 is 9.26 Å². The highest BCUT2D eigenvalue weighted by molar-refractivity contribution is 7.41. The van der Waals surface area contributed by atoms with E-state index in [4.69, 9.17) is 13.8 Å². The van der Waals surface area contributed by atoms with Gasteiger partial charge in [0, 0.05) is 11.1 Å². The van der Waals surface area contributed by atoms with Crippen LogP contribution in [-0.2, 0) is 15.4 Å². The Morgan fingerprint density at radius 1 is 0.600 bits per heavy atom. The van der Waals surface area contributed by atoms with E-state index in [1.165, 1.54) is 103 Å². The van der Waals surface area contributed by atoms with Gasteiger partial charge in [0.05, 0.1) is 13.7 Å². The zero-order valence-electron chi connectivity index (χ0n) is 27.6. The summed E-state index contributed by atoms with van der Waals surface area (Å²) in [6.45, 7) is 15.4. The quantitative estimate of drug-likeness (QED) is 0.0948. The fourth-order valence-corrected chi connectivity index (χ4v) is 5.84. The Balaban J connectivity index is 2.18. The van der Waals surface area contributed by atoms with Crippen LogP contribution in [0.2, 0.25) is 0 Å². The molecule has 5 heteroatoms. The Morgan fingerprint density at radius 2 is 0.950 bits per heavy atom. The van der Waals surface area contributed by atoms with Crippen LogP contribution >= 0.6 is 8.69 Å². The van der Waals surface area contributed by atoms with Crippen LogP contribution in [0, 0.1) is 0 Å². The van der Waals surface area contributed by atoms with Crippen LogP contribution in [0.5, 0.6) is 11.5 Å². The zero-order chi connectivity index (χ0) is 29.9. The predicted octanol–water partition coefficient (Wildman–Crippen LogP) is 12.9.